The summed E-state index contributed by atoms with van der Waals surface area (Å²) in [5, 5.41) is 13.4. The van der Waals surface area contributed by atoms with E-state index >= 15 is 0 Å². The smallest absolute Gasteiger partial charge is 0.274 e. The molecule has 2 heterocycles. The van der Waals surface area contributed by atoms with Gasteiger partial charge in [0, 0.05) is 19.3 Å². The first-order chi connectivity index (χ1) is 8.15. The average Bonchev–Trinajstić information content (AvgIpc) is 2.68. The van der Waals surface area contributed by atoms with E-state index < -0.39 is 4.92 Å². The van der Waals surface area contributed by atoms with Gasteiger partial charge in [0.05, 0.1) is 29.1 Å². The minimum Gasteiger partial charge on any atom is -0.365 e. The predicted octanol–water partition coefficient (Wildman–Crippen LogP) is 0.266. The Bertz CT molecular complexity index is 443. The van der Waals surface area contributed by atoms with Crippen molar-refractivity contribution in [2.45, 2.75) is 13.5 Å². The van der Waals surface area contributed by atoms with E-state index in [0.29, 0.717) is 18.9 Å². The van der Waals surface area contributed by atoms with Crippen molar-refractivity contribution in [2.75, 3.05) is 13.1 Å². The van der Waals surface area contributed by atoms with Crippen molar-refractivity contribution in [1.29, 1.82) is 0 Å². The Hall–Kier alpha value is -2.18. The Morgan fingerprint density at radius 2 is 2.41 bits per heavy atom. The second kappa shape index (κ2) is 4.77. The van der Waals surface area contributed by atoms with Crippen molar-refractivity contribution in [3.05, 3.63) is 45.9 Å². The summed E-state index contributed by atoms with van der Waals surface area (Å²) in [6, 6.07) is 0. The molecule has 1 aliphatic heterocycles. The first-order valence-corrected chi connectivity index (χ1v) is 5.27. The zero-order chi connectivity index (χ0) is 12.3. The van der Waals surface area contributed by atoms with Gasteiger partial charge in [-0.2, -0.15) is 0 Å². The molecule has 17 heavy (non-hydrogen) atoms. The van der Waals surface area contributed by atoms with Gasteiger partial charge in [0.25, 0.3) is 6.20 Å². The van der Waals surface area contributed by atoms with Crippen molar-refractivity contribution >= 4 is 0 Å². The molecule has 0 bridgehead atoms. The van der Waals surface area contributed by atoms with Crippen LogP contribution in [-0.4, -0.2) is 32.9 Å². The van der Waals surface area contributed by atoms with Crippen LogP contribution in [0.4, 0.5) is 0 Å². The summed E-state index contributed by atoms with van der Waals surface area (Å²) in [6.07, 6.45) is 4.36. The topological polar surface area (TPSA) is 84.2 Å². The number of aryl methyl sites for hydroxylation is 1. The number of nitro groups is 1. The van der Waals surface area contributed by atoms with Crippen LogP contribution >= 0.6 is 0 Å². The lowest BCUT2D eigenvalue weighted by Gasteiger charge is -2.16. The van der Waals surface area contributed by atoms with Crippen LogP contribution in [0.15, 0.2) is 24.4 Å². The molecule has 7 heteroatoms. The van der Waals surface area contributed by atoms with Crippen LogP contribution in [0, 0.1) is 17.0 Å². The normalized spacial score (nSPS) is 17.2. The van der Waals surface area contributed by atoms with Gasteiger partial charge in [0.2, 0.25) is 0 Å². The van der Waals surface area contributed by atoms with Crippen molar-refractivity contribution in [2.24, 2.45) is 0 Å². The molecule has 0 spiro atoms. The van der Waals surface area contributed by atoms with Crippen molar-refractivity contribution in [3.8, 4) is 0 Å². The van der Waals surface area contributed by atoms with E-state index in [4.69, 9.17) is 0 Å². The van der Waals surface area contributed by atoms with Gasteiger partial charge in [-0.1, -0.05) is 0 Å². The summed E-state index contributed by atoms with van der Waals surface area (Å²) in [4.78, 5) is 20.2. The zero-order valence-corrected chi connectivity index (χ0v) is 9.46. The SMILES string of the molecule is Cc1cnc(CN2CCN/C2=C\[N+](=O)[O-])cn1. The van der Waals surface area contributed by atoms with Gasteiger partial charge in [-0.15, -0.1) is 0 Å². The second-order valence-electron chi connectivity index (χ2n) is 3.80. The highest BCUT2D eigenvalue weighted by molar-refractivity contribution is 5.06. The molecule has 0 radical (unpaired) electrons. The summed E-state index contributed by atoms with van der Waals surface area (Å²) in [6.45, 7) is 3.83. The van der Waals surface area contributed by atoms with Gasteiger partial charge in [0.15, 0.2) is 5.82 Å². The number of aromatic nitrogens is 2. The number of nitrogens with one attached hydrogen (secondary N) is 1. The molecule has 1 N–H and O–H groups in total. The Morgan fingerprint density at radius 3 is 3.06 bits per heavy atom. The minimum absolute atomic E-state index is 0.457. The minimum atomic E-state index is -0.457. The molecule has 90 valence electrons. The largest absolute Gasteiger partial charge is 0.365 e. The first-order valence-electron chi connectivity index (χ1n) is 5.27. The van der Waals surface area contributed by atoms with Crippen molar-refractivity contribution < 1.29 is 4.92 Å². The van der Waals surface area contributed by atoms with Crippen LogP contribution in [0.1, 0.15) is 11.4 Å². The molecule has 0 aliphatic carbocycles. The molecule has 2 rings (SSSR count). The van der Waals surface area contributed by atoms with Crippen LogP contribution in [0.3, 0.4) is 0 Å². The van der Waals surface area contributed by atoms with Gasteiger partial charge < -0.3 is 10.2 Å². The average molecular weight is 235 g/mol. The maximum Gasteiger partial charge on any atom is 0.274 e. The lowest BCUT2D eigenvalue weighted by molar-refractivity contribution is -0.404. The summed E-state index contributed by atoms with van der Waals surface area (Å²) in [5.41, 5.74) is 1.66. The maximum absolute atomic E-state index is 10.4. The van der Waals surface area contributed by atoms with Gasteiger partial charge in [-0.25, -0.2) is 0 Å². The van der Waals surface area contributed by atoms with E-state index in [9.17, 15) is 10.1 Å². The molecular formula is C10H13N5O2. The summed E-state index contributed by atoms with van der Waals surface area (Å²) >= 11 is 0. The molecule has 1 aliphatic rings. The fourth-order valence-corrected chi connectivity index (χ4v) is 1.64. The van der Waals surface area contributed by atoms with E-state index in [0.717, 1.165) is 24.1 Å². The Kier molecular flexibility index (Phi) is 3.17. The standard InChI is InChI=1S/C10H13N5O2/c1-8-4-13-9(5-12-8)6-14-3-2-11-10(14)7-15(16)17/h4-5,7,11H,2-3,6H2,1H3/b10-7+. The van der Waals surface area contributed by atoms with Gasteiger partial charge >= 0.3 is 0 Å². The first kappa shape index (κ1) is 11.3. The molecular weight excluding hydrogens is 222 g/mol. The highest BCUT2D eigenvalue weighted by Gasteiger charge is 2.19. The van der Waals surface area contributed by atoms with Crippen LogP contribution in [0.25, 0.3) is 0 Å². The summed E-state index contributed by atoms with van der Waals surface area (Å²) in [7, 11) is 0. The van der Waals surface area contributed by atoms with E-state index in [2.05, 4.69) is 15.3 Å². The van der Waals surface area contributed by atoms with E-state index in [1.54, 1.807) is 12.4 Å². The number of rotatable bonds is 3. The molecule has 0 atom stereocenters. The van der Waals surface area contributed by atoms with Gasteiger partial charge in [-0.3, -0.25) is 20.1 Å². The van der Waals surface area contributed by atoms with Gasteiger partial charge in [-0.05, 0) is 6.92 Å². The highest BCUT2D eigenvalue weighted by atomic mass is 16.6. The third-order valence-electron chi connectivity index (χ3n) is 2.44. The second-order valence-corrected chi connectivity index (χ2v) is 3.80. The molecule has 0 saturated carbocycles. The maximum atomic E-state index is 10.4. The third kappa shape index (κ3) is 2.90. The molecule has 7 nitrogen and oxygen atoms in total. The molecule has 0 amide bonds. The van der Waals surface area contributed by atoms with E-state index in [-0.39, 0.29) is 0 Å². The van der Waals surface area contributed by atoms with Crippen molar-refractivity contribution in [3.63, 3.8) is 0 Å². The quantitative estimate of drug-likeness (QED) is 0.598. The highest BCUT2D eigenvalue weighted by Crippen LogP contribution is 2.11. The fraction of sp³-hybridized carbons (Fsp3) is 0.400. The fourth-order valence-electron chi connectivity index (χ4n) is 1.64. The molecule has 1 saturated heterocycles. The Morgan fingerprint density at radius 1 is 1.59 bits per heavy atom. The number of nitrogens with zero attached hydrogens (tertiary/aromatic N) is 4. The van der Waals surface area contributed by atoms with E-state index in [1.807, 2.05) is 11.8 Å². The lowest BCUT2D eigenvalue weighted by Crippen LogP contribution is -2.21. The van der Waals surface area contributed by atoms with Crippen LogP contribution in [0.2, 0.25) is 0 Å². The Balaban J connectivity index is 2.07. The zero-order valence-electron chi connectivity index (χ0n) is 9.46. The van der Waals surface area contributed by atoms with Crippen LogP contribution in [0.5, 0.6) is 0 Å². The Labute approximate surface area is 98.3 Å². The predicted molar refractivity (Wildman–Crippen MR) is 60.3 cm³/mol. The van der Waals surface area contributed by atoms with Crippen LogP contribution in [-0.2, 0) is 6.54 Å². The number of hydrogen-bond donors (Lipinski definition) is 1. The third-order valence-corrected chi connectivity index (χ3v) is 2.44. The van der Waals surface area contributed by atoms with Crippen molar-refractivity contribution in [1.82, 2.24) is 20.2 Å². The van der Waals surface area contributed by atoms with Crippen LogP contribution < -0.4 is 5.32 Å². The monoisotopic (exact) mass is 235 g/mol. The molecule has 0 unspecified atom stereocenters. The molecule has 0 aromatic carbocycles. The lowest BCUT2D eigenvalue weighted by atomic mass is 10.4. The summed E-state index contributed by atoms with van der Waals surface area (Å²) < 4.78 is 0. The molecule has 1 fully saturated rings. The molecule has 1 aromatic heterocycles. The molecule has 1 aromatic rings. The van der Waals surface area contributed by atoms with Gasteiger partial charge in [0.1, 0.15) is 0 Å². The summed E-state index contributed by atoms with van der Waals surface area (Å²) in [5.74, 6) is 0.525. The van der Waals surface area contributed by atoms with E-state index in [1.165, 1.54) is 0 Å². The number of hydrogen-bond acceptors (Lipinski definition) is 6.